The molecule has 0 aromatic heterocycles. The Morgan fingerprint density at radius 1 is 1.35 bits per heavy atom. The molecular weight excluding hydrogens is 255 g/mol. The molecule has 1 amide bonds. The highest BCUT2D eigenvalue weighted by Gasteiger charge is 2.34. The molecule has 0 N–H and O–H groups in total. The standard InChI is InChI=1S/C16H23FN2O/c1-3-19(13(2)20)11-15-10-18(12-16(15)17)9-14-7-5-4-6-8-14/h4-8,15-16H,3,9-12H2,1-2H3. The number of nitrogens with zero attached hydrogens (tertiary/aromatic N) is 2. The van der Waals surface area contributed by atoms with Gasteiger partial charge in [-0.2, -0.15) is 0 Å². The normalized spacial score (nSPS) is 22.9. The van der Waals surface area contributed by atoms with E-state index in [9.17, 15) is 9.18 Å². The monoisotopic (exact) mass is 278 g/mol. The first kappa shape index (κ1) is 15.0. The van der Waals surface area contributed by atoms with Gasteiger partial charge in [0.25, 0.3) is 0 Å². The van der Waals surface area contributed by atoms with E-state index in [0.29, 0.717) is 19.6 Å². The Labute approximate surface area is 120 Å². The molecule has 2 unspecified atom stereocenters. The van der Waals surface area contributed by atoms with Crippen molar-refractivity contribution in [3.8, 4) is 0 Å². The topological polar surface area (TPSA) is 23.6 Å². The number of carbonyl (C=O) groups excluding carboxylic acids is 1. The van der Waals surface area contributed by atoms with Crippen molar-refractivity contribution in [1.82, 2.24) is 9.80 Å². The number of carbonyl (C=O) groups is 1. The van der Waals surface area contributed by atoms with Crippen LogP contribution in [0.25, 0.3) is 0 Å². The van der Waals surface area contributed by atoms with Gasteiger partial charge < -0.3 is 4.90 Å². The van der Waals surface area contributed by atoms with E-state index in [1.54, 1.807) is 11.8 Å². The highest BCUT2D eigenvalue weighted by atomic mass is 19.1. The van der Waals surface area contributed by atoms with Gasteiger partial charge in [-0.25, -0.2) is 4.39 Å². The van der Waals surface area contributed by atoms with Gasteiger partial charge >= 0.3 is 0 Å². The smallest absolute Gasteiger partial charge is 0.219 e. The number of alkyl halides is 1. The van der Waals surface area contributed by atoms with E-state index in [1.807, 2.05) is 25.1 Å². The second-order valence-electron chi connectivity index (χ2n) is 5.51. The van der Waals surface area contributed by atoms with Crippen LogP contribution in [0.4, 0.5) is 4.39 Å². The molecule has 1 aliphatic rings. The van der Waals surface area contributed by atoms with Crippen molar-refractivity contribution in [2.24, 2.45) is 5.92 Å². The zero-order valence-electron chi connectivity index (χ0n) is 12.3. The van der Waals surface area contributed by atoms with Crippen LogP contribution in [-0.2, 0) is 11.3 Å². The van der Waals surface area contributed by atoms with Crippen molar-refractivity contribution >= 4 is 5.91 Å². The van der Waals surface area contributed by atoms with Gasteiger partial charge in [-0.15, -0.1) is 0 Å². The predicted molar refractivity (Wildman–Crippen MR) is 78.0 cm³/mol. The molecule has 20 heavy (non-hydrogen) atoms. The molecular formula is C16H23FN2O. The highest BCUT2D eigenvalue weighted by Crippen LogP contribution is 2.23. The summed E-state index contributed by atoms with van der Waals surface area (Å²) in [5.41, 5.74) is 1.21. The summed E-state index contributed by atoms with van der Waals surface area (Å²) in [4.78, 5) is 15.3. The molecule has 2 atom stereocenters. The van der Waals surface area contributed by atoms with Gasteiger partial charge in [-0.1, -0.05) is 30.3 Å². The average Bonchev–Trinajstić information content (AvgIpc) is 2.76. The summed E-state index contributed by atoms with van der Waals surface area (Å²) < 4.78 is 14.1. The van der Waals surface area contributed by atoms with Crippen LogP contribution in [0.3, 0.4) is 0 Å². The van der Waals surface area contributed by atoms with Crippen LogP contribution in [0.15, 0.2) is 30.3 Å². The second kappa shape index (κ2) is 6.84. The Hall–Kier alpha value is -1.42. The average molecular weight is 278 g/mol. The minimum absolute atomic E-state index is 0.0289. The van der Waals surface area contributed by atoms with E-state index in [0.717, 1.165) is 13.1 Å². The first-order valence-electron chi connectivity index (χ1n) is 7.26. The van der Waals surface area contributed by atoms with Crippen molar-refractivity contribution in [1.29, 1.82) is 0 Å². The van der Waals surface area contributed by atoms with Crippen molar-refractivity contribution in [2.75, 3.05) is 26.2 Å². The van der Waals surface area contributed by atoms with Crippen LogP contribution < -0.4 is 0 Å². The third kappa shape index (κ3) is 3.79. The van der Waals surface area contributed by atoms with Crippen molar-refractivity contribution in [2.45, 2.75) is 26.6 Å². The molecule has 110 valence electrons. The first-order valence-corrected chi connectivity index (χ1v) is 7.26. The number of benzene rings is 1. The number of halogens is 1. The molecule has 1 aliphatic heterocycles. The molecule has 0 bridgehead atoms. The molecule has 1 heterocycles. The number of hydrogen-bond acceptors (Lipinski definition) is 2. The van der Waals surface area contributed by atoms with Crippen LogP contribution >= 0.6 is 0 Å². The zero-order valence-corrected chi connectivity index (χ0v) is 12.3. The molecule has 1 aromatic rings. The van der Waals surface area contributed by atoms with Crippen molar-refractivity contribution < 1.29 is 9.18 Å². The maximum absolute atomic E-state index is 14.1. The van der Waals surface area contributed by atoms with E-state index in [-0.39, 0.29) is 11.8 Å². The summed E-state index contributed by atoms with van der Waals surface area (Å²) in [6, 6.07) is 10.1. The minimum Gasteiger partial charge on any atom is -0.343 e. The maximum Gasteiger partial charge on any atom is 0.219 e. The van der Waals surface area contributed by atoms with Crippen LogP contribution in [-0.4, -0.2) is 48.1 Å². The Bertz CT molecular complexity index is 437. The SMILES string of the molecule is CCN(CC1CN(Cc2ccccc2)CC1F)C(C)=O. The minimum atomic E-state index is -0.841. The summed E-state index contributed by atoms with van der Waals surface area (Å²) in [6.45, 7) is 6.63. The lowest BCUT2D eigenvalue weighted by Crippen LogP contribution is -2.36. The van der Waals surface area contributed by atoms with Crippen molar-refractivity contribution in [3.63, 3.8) is 0 Å². The van der Waals surface area contributed by atoms with E-state index in [2.05, 4.69) is 17.0 Å². The molecule has 0 aliphatic carbocycles. The maximum atomic E-state index is 14.1. The molecule has 0 saturated carbocycles. The quantitative estimate of drug-likeness (QED) is 0.825. The lowest BCUT2D eigenvalue weighted by molar-refractivity contribution is -0.129. The van der Waals surface area contributed by atoms with Gasteiger partial charge in [0.15, 0.2) is 0 Å². The molecule has 1 fully saturated rings. The molecule has 1 aromatic carbocycles. The second-order valence-corrected chi connectivity index (χ2v) is 5.51. The summed E-state index contributed by atoms with van der Waals surface area (Å²) in [7, 11) is 0. The Kier molecular flexibility index (Phi) is 5.12. The number of hydrogen-bond donors (Lipinski definition) is 0. The molecule has 4 heteroatoms. The lowest BCUT2D eigenvalue weighted by Gasteiger charge is -2.24. The van der Waals surface area contributed by atoms with Gasteiger partial charge in [0, 0.05) is 45.6 Å². The highest BCUT2D eigenvalue weighted by molar-refractivity contribution is 5.73. The fraction of sp³-hybridized carbons (Fsp3) is 0.562. The predicted octanol–water partition coefficient (Wildman–Crippen LogP) is 2.32. The van der Waals surface area contributed by atoms with Crippen molar-refractivity contribution in [3.05, 3.63) is 35.9 Å². The van der Waals surface area contributed by atoms with Gasteiger partial charge in [-0.05, 0) is 12.5 Å². The Morgan fingerprint density at radius 2 is 2.05 bits per heavy atom. The number of likely N-dealkylation sites (tertiary alicyclic amines) is 1. The van der Waals surface area contributed by atoms with Gasteiger partial charge in [0.1, 0.15) is 6.17 Å². The third-order valence-corrected chi connectivity index (χ3v) is 3.97. The van der Waals surface area contributed by atoms with Crippen LogP contribution in [0.2, 0.25) is 0 Å². The van der Waals surface area contributed by atoms with Crippen LogP contribution in [0.1, 0.15) is 19.4 Å². The molecule has 0 spiro atoms. The lowest BCUT2D eigenvalue weighted by atomic mass is 10.1. The molecule has 3 nitrogen and oxygen atoms in total. The van der Waals surface area contributed by atoms with E-state index < -0.39 is 6.17 Å². The van der Waals surface area contributed by atoms with E-state index in [1.165, 1.54) is 5.56 Å². The van der Waals surface area contributed by atoms with Crippen LogP contribution in [0, 0.1) is 5.92 Å². The fourth-order valence-electron chi connectivity index (χ4n) is 2.82. The van der Waals surface area contributed by atoms with Gasteiger partial charge in [-0.3, -0.25) is 9.69 Å². The number of rotatable bonds is 5. The van der Waals surface area contributed by atoms with E-state index in [4.69, 9.17) is 0 Å². The van der Waals surface area contributed by atoms with Crippen LogP contribution in [0.5, 0.6) is 0 Å². The molecule has 2 rings (SSSR count). The Balaban J connectivity index is 1.90. The molecule has 1 saturated heterocycles. The first-order chi connectivity index (χ1) is 9.60. The summed E-state index contributed by atoms with van der Waals surface area (Å²) in [5.74, 6) is -0.0382. The largest absolute Gasteiger partial charge is 0.343 e. The van der Waals surface area contributed by atoms with E-state index >= 15 is 0 Å². The van der Waals surface area contributed by atoms with Gasteiger partial charge in [0.05, 0.1) is 0 Å². The zero-order chi connectivity index (χ0) is 14.5. The molecule has 0 radical (unpaired) electrons. The fourth-order valence-corrected chi connectivity index (χ4v) is 2.82. The summed E-state index contributed by atoms with van der Waals surface area (Å²) >= 11 is 0. The number of amides is 1. The summed E-state index contributed by atoms with van der Waals surface area (Å²) in [6.07, 6.45) is -0.841. The third-order valence-electron chi connectivity index (χ3n) is 3.97. The Morgan fingerprint density at radius 3 is 2.65 bits per heavy atom. The summed E-state index contributed by atoms with van der Waals surface area (Å²) in [5, 5.41) is 0. The van der Waals surface area contributed by atoms with Gasteiger partial charge in [0.2, 0.25) is 5.91 Å².